The third kappa shape index (κ3) is 3.88. The zero-order valence-electron chi connectivity index (χ0n) is 17.7. The lowest BCUT2D eigenvalue weighted by atomic mass is 9.96. The molecule has 0 spiro atoms. The van der Waals surface area contributed by atoms with E-state index in [0.717, 1.165) is 25.9 Å². The number of aryl methyl sites for hydroxylation is 1. The van der Waals surface area contributed by atoms with Gasteiger partial charge in [-0.1, -0.05) is 12.1 Å². The summed E-state index contributed by atoms with van der Waals surface area (Å²) in [4.78, 5) is 20.4. The van der Waals surface area contributed by atoms with Crippen LogP contribution in [-0.4, -0.2) is 33.6 Å². The molecule has 6 heteroatoms. The Bertz CT molecular complexity index is 1120. The zero-order valence-corrected chi connectivity index (χ0v) is 17.7. The number of benzene rings is 2. The van der Waals surface area contributed by atoms with Crippen molar-refractivity contribution in [2.24, 2.45) is 5.92 Å². The number of hydrogen-bond acceptors (Lipinski definition) is 3. The number of aromatic nitrogens is 2. The highest BCUT2D eigenvalue weighted by atomic mass is 19.1. The third-order valence-electron chi connectivity index (χ3n) is 6.12. The number of likely N-dealkylation sites (tertiary alicyclic amines) is 1. The van der Waals surface area contributed by atoms with Gasteiger partial charge in [-0.15, -0.1) is 0 Å². The summed E-state index contributed by atoms with van der Waals surface area (Å²) in [5.74, 6) is -0.251. The summed E-state index contributed by atoms with van der Waals surface area (Å²) in [6.07, 6.45) is 2.20. The monoisotopic (exact) mass is 411 g/mol. The molecule has 158 valence electrons. The molecule has 2 aromatic carbocycles. The smallest absolute Gasteiger partial charge is 0.261 e. The number of halogens is 2. The first kappa shape index (κ1) is 20.7. The van der Waals surface area contributed by atoms with Crippen molar-refractivity contribution in [2.75, 3.05) is 13.1 Å². The van der Waals surface area contributed by atoms with E-state index in [1.54, 1.807) is 22.8 Å². The SMILES string of the molecule is Cc1nc2ccc(-c3c(F)cccc3F)cc2c(=O)n1C[C@H]1CCCN(C(C)C)C1. The quantitative estimate of drug-likeness (QED) is 0.621. The minimum absolute atomic E-state index is 0.120. The molecule has 0 aliphatic carbocycles. The number of rotatable bonds is 4. The second kappa shape index (κ2) is 8.26. The molecule has 2 heterocycles. The van der Waals surface area contributed by atoms with E-state index in [9.17, 15) is 13.6 Å². The second-order valence-corrected chi connectivity index (χ2v) is 8.50. The predicted molar refractivity (Wildman–Crippen MR) is 116 cm³/mol. The van der Waals surface area contributed by atoms with Crippen molar-refractivity contribution < 1.29 is 8.78 Å². The standard InChI is InChI=1S/C24H27F2N3O/c1-15(2)28-11-5-6-17(13-28)14-29-16(3)27-22-10-9-18(12-19(22)24(29)30)23-20(25)7-4-8-21(23)26/h4,7-10,12,15,17H,5-6,11,13-14H2,1-3H3/t17-/m0/s1. The summed E-state index contributed by atoms with van der Waals surface area (Å²) >= 11 is 0. The Kier molecular flexibility index (Phi) is 5.69. The van der Waals surface area contributed by atoms with Crippen molar-refractivity contribution in [2.45, 2.75) is 46.2 Å². The van der Waals surface area contributed by atoms with Gasteiger partial charge >= 0.3 is 0 Å². The Labute approximate surface area is 175 Å². The van der Waals surface area contributed by atoms with Crippen LogP contribution in [0.4, 0.5) is 8.78 Å². The van der Waals surface area contributed by atoms with Gasteiger partial charge in [-0.05, 0) is 75.9 Å². The van der Waals surface area contributed by atoms with Gasteiger partial charge in [0.05, 0.1) is 16.5 Å². The molecule has 4 nitrogen and oxygen atoms in total. The number of fused-ring (bicyclic) bond motifs is 1. The van der Waals surface area contributed by atoms with Crippen LogP contribution in [0.1, 0.15) is 32.5 Å². The first-order valence-electron chi connectivity index (χ1n) is 10.5. The average molecular weight is 411 g/mol. The van der Waals surface area contributed by atoms with Crippen molar-refractivity contribution in [1.29, 1.82) is 0 Å². The Morgan fingerprint density at radius 2 is 1.90 bits per heavy atom. The molecular formula is C24H27F2N3O. The maximum atomic E-state index is 14.2. The molecule has 0 N–H and O–H groups in total. The van der Waals surface area contributed by atoms with Gasteiger partial charge in [-0.3, -0.25) is 9.36 Å². The maximum absolute atomic E-state index is 14.2. The Morgan fingerprint density at radius 1 is 1.17 bits per heavy atom. The molecule has 1 aliphatic heterocycles. The Balaban J connectivity index is 1.74. The molecule has 0 amide bonds. The minimum atomic E-state index is -0.647. The highest BCUT2D eigenvalue weighted by molar-refractivity contribution is 5.84. The van der Waals surface area contributed by atoms with E-state index in [2.05, 4.69) is 23.7 Å². The van der Waals surface area contributed by atoms with Crippen LogP contribution in [-0.2, 0) is 6.54 Å². The van der Waals surface area contributed by atoms with E-state index in [1.807, 2.05) is 6.92 Å². The molecule has 1 aromatic heterocycles. The van der Waals surface area contributed by atoms with Gasteiger partial charge in [-0.2, -0.15) is 0 Å². The highest BCUT2D eigenvalue weighted by Gasteiger charge is 2.23. The van der Waals surface area contributed by atoms with Crippen LogP contribution < -0.4 is 5.56 Å². The summed E-state index contributed by atoms with van der Waals surface area (Å²) in [5.41, 5.74) is 0.612. The first-order valence-corrected chi connectivity index (χ1v) is 10.5. The summed E-state index contributed by atoms with van der Waals surface area (Å²) < 4.78 is 30.2. The van der Waals surface area contributed by atoms with Gasteiger partial charge in [0, 0.05) is 19.1 Å². The van der Waals surface area contributed by atoms with Crippen LogP contribution in [0.15, 0.2) is 41.2 Å². The van der Waals surface area contributed by atoms with Gasteiger partial charge in [0.25, 0.3) is 5.56 Å². The average Bonchev–Trinajstić information content (AvgIpc) is 2.71. The van der Waals surface area contributed by atoms with Crippen molar-refractivity contribution in [3.63, 3.8) is 0 Å². The lowest BCUT2D eigenvalue weighted by molar-refractivity contribution is 0.129. The van der Waals surface area contributed by atoms with E-state index < -0.39 is 11.6 Å². The molecule has 1 saturated heterocycles. The van der Waals surface area contributed by atoms with Crippen LogP contribution >= 0.6 is 0 Å². The van der Waals surface area contributed by atoms with Crippen LogP contribution in [0.25, 0.3) is 22.0 Å². The molecular weight excluding hydrogens is 384 g/mol. The zero-order chi connectivity index (χ0) is 21.4. The summed E-state index contributed by atoms with van der Waals surface area (Å²) in [7, 11) is 0. The molecule has 1 fully saturated rings. The molecule has 1 aliphatic rings. The fraction of sp³-hybridized carbons (Fsp3) is 0.417. The predicted octanol–water partition coefficient (Wildman–Crippen LogP) is 4.77. The van der Waals surface area contributed by atoms with E-state index >= 15 is 0 Å². The number of piperidine rings is 1. The largest absolute Gasteiger partial charge is 0.301 e. The van der Waals surface area contributed by atoms with Gasteiger partial charge in [0.2, 0.25) is 0 Å². The molecule has 3 aromatic rings. The van der Waals surface area contributed by atoms with E-state index in [4.69, 9.17) is 0 Å². The summed E-state index contributed by atoms with van der Waals surface area (Å²) in [6.45, 7) is 8.89. The normalized spacial score (nSPS) is 17.7. The lowest BCUT2D eigenvalue weighted by Crippen LogP contribution is -2.42. The Morgan fingerprint density at radius 3 is 2.60 bits per heavy atom. The fourth-order valence-electron chi connectivity index (χ4n) is 4.45. The topological polar surface area (TPSA) is 38.1 Å². The van der Waals surface area contributed by atoms with E-state index in [1.165, 1.54) is 18.2 Å². The van der Waals surface area contributed by atoms with Gasteiger partial charge in [0.1, 0.15) is 17.5 Å². The maximum Gasteiger partial charge on any atom is 0.261 e. The molecule has 1 atom stereocenters. The molecule has 0 radical (unpaired) electrons. The van der Waals surface area contributed by atoms with E-state index in [-0.39, 0.29) is 11.1 Å². The van der Waals surface area contributed by atoms with Crippen LogP contribution in [0.2, 0.25) is 0 Å². The number of nitrogens with zero attached hydrogens (tertiary/aromatic N) is 3. The highest BCUT2D eigenvalue weighted by Crippen LogP contribution is 2.28. The molecule has 30 heavy (non-hydrogen) atoms. The summed E-state index contributed by atoms with van der Waals surface area (Å²) in [5, 5.41) is 0.386. The number of hydrogen-bond donors (Lipinski definition) is 0. The lowest BCUT2D eigenvalue weighted by Gasteiger charge is -2.35. The van der Waals surface area contributed by atoms with Crippen LogP contribution in [0.5, 0.6) is 0 Å². The molecule has 4 rings (SSSR count). The van der Waals surface area contributed by atoms with Gasteiger partial charge < -0.3 is 4.90 Å². The van der Waals surface area contributed by atoms with E-state index in [0.29, 0.717) is 40.8 Å². The van der Waals surface area contributed by atoms with Crippen molar-refractivity contribution >= 4 is 10.9 Å². The van der Waals surface area contributed by atoms with Crippen molar-refractivity contribution in [3.05, 3.63) is 64.2 Å². The summed E-state index contributed by atoms with van der Waals surface area (Å²) in [6, 6.07) is 9.09. The second-order valence-electron chi connectivity index (χ2n) is 8.50. The van der Waals surface area contributed by atoms with Crippen molar-refractivity contribution in [1.82, 2.24) is 14.5 Å². The Hall–Kier alpha value is -2.60. The van der Waals surface area contributed by atoms with Crippen molar-refractivity contribution in [3.8, 4) is 11.1 Å². The van der Waals surface area contributed by atoms with Gasteiger partial charge in [-0.25, -0.2) is 13.8 Å². The first-order chi connectivity index (χ1) is 14.3. The molecule has 0 bridgehead atoms. The molecule has 0 unspecified atom stereocenters. The van der Waals surface area contributed by atoms with Crippen LogP contribution in [0, 0.1) is 24.5 Å². The van der Waals surface area contributed by atoms with Crippen LogP contribution in [0.3, 0.4) is 0 Å². The fourth-order valence-corrected chi connectivity index (χ4v) is 4.45. The molecule has 0 saturated carbocycles. The van der Waals surface area contributed by atoms with Gasteiger partial charge in [0.15, 0.2) is 0 Å². The minimum Gasteiger partial charge on any atom is -0.301 e. The third-order valence-corrected chi connectivity index (χ3v) is 6.12.